The summed E-state index contributed by atoms with van der Waals surface area (Å²) in [6, 6.07) is 9.33. The molecule has 2 aromatic heterocycles. The molecule has 0 aliphatic carbocycles. The summed E-state index contributed by atoms with van der Waals surface area (Å²) in [5, 5.41) is 8.68. The van der Waals surface area contributed by atoms with Crippen molar-refractivity contribution in [3.63, 3.8) is 0 Å². The molecule has 4 nitrogen and oxygen atoms in total. The average Bonchev–Trinajstić information content (AvgIpc) is 3.03. The second-order valence-electron chi connectivity index (χ2n) is 3.63. The highest BCUT2D eigenvalue weighted by Gasteiger charge is 2.07. The molecule has 2 heterocycles. The van der Waals surface area contributed by atoms with Gasteiger partial charge in [0.25, 0.3) is 5.70 Å². The number of hydrogen-bond donors (Lipinski definition) is 0. The highest BCUT2D eigenvalue weighted by atomic mass is 16.3. The molecule has 2 rings (SSSR count). The third-order valence-electron chi connectivity index (χ3n) is 2.56. The molecule has 2 aromatic rings. The van der Waals surface area contributed by atoms with E-state index in [4.69, 9.17) is 16.3 Å². The maximum Gasteiger partial charge on any atom is 0.265 e. The summed E-state index contributed by atoms with van der Waals surface area (Å²) in [5.41, 5.74) is 1.00. The summed E-state index contributed by atoms with van der Waals surface area (Å²) < 4.78 is 7.67. The predicted molar refractivity (Wildman–Crippen MR) is 68.0 cm³/mol. The Morgan fingerprint density at radius 1 is 1.56 bits per heavy atom. The topological polar surface area (TPSA) is 46.2 Å². The molecule has 0 fully saturated rings. The molecule has 0 atom stereocenters. The molecule has 0 aliphatic heterocycles. The first kappa shape index (κ1) is 11.8. The molecule has 18 heavy (non-hydrogen) atoms. The van der Waals surface area contributed by atoms with Crippen molar-refractivity contribution < 1.29 is 4.42 Å². The monoisotopic (exact) mass is 237 g/mol. The number of hydrogen-bond acceptors (Lipinski definition) is 2. The van der Waals surface area contributed by atoms with Crippen LogP contribution in [0.2, 0.25) is 0 Å². The van der Waals surface area contributed by atoms with E-state index in [0.29, 0.717) is 5.76 Å². The van der Waals surface area contributed by atoms with Gasteiger partial charge in [0.2, 0.25) is 0 Å². The number of aromatic nitrogens is 1. The van der Waals surface area contributed by atoms with Gasteiger partial charge in [-0.25, -0.2) is 10.1 Å². The smallest absolute Gasteiger partial charge is 0.265 e. The van der Waals surface area contributed by atoms with Gasteiger partial charge in [-0.15, -0.1) is 0 Å². The lowest BCUT2D eigenvalue weighted by molar-refractivity contribution is 0.563. The van der Waals surface area contributed by atoms with Gasteiger partial charge in [0, 0.05) is 12.7 Å². The Bertz CT molecular complexity index is 646. The van der Waals surface area contributed by atoms with Crippen LogP contribution in [0.15, 0.2) is 40.6 Å². The molecule has 0 radical (unpaired) electrons. The van der Waals surface area contributed by atoms with Gasteiger partial charge in [0.05, 0.1) is 18.3 Å². The molecule has 0 bridgehead atoms. The molecule has 0 saturated heterocycles. The van der Waals surface area contributed by atoms with E-state index in [1.54, 1.807) is 6.07 Å². The van der Waals surface area contributed by atoms with Crippen molar-refractivity contribution in [1.82, 2.24) is 4.57 Å². The van der Waals surface area contributed by atoms with Gasteiger partial charge < -0.3 is 8.98 Å². The Hall–Kier alpha value is -2.72. The Balaban J connectivity index is 2.36. The molecule has 0 unspecified atom stereocenters. The molecular formula is C14H11N3O. The standard InChI is InChI=1S/C14H11N3O/c1-3-17-8-4-5-13(17)14-7-6-12(18-14)9-11(10-15)16-2/h4-9H,3H2,1H3/b11-9+. The van der Waals surface area contributed by atoms with Crippen molar-refractivity contribution in [3.8, 4) is 17.5 Å². The zero-order valence-corrected chi connectivity index (χ0v) is 9.92. The minimum absolute atomic E-state index is 0.0155. The minimum Gasteiger partial charge on any atom is -0.456 e. The van der Waals surface area contributed by atoms with Crippen LogP contribution in [-0.2, 0) is 6.54 Å². The highest BCUT2D eigenvalue weighted by Crippen LogP contribution is 2.24. The van der Waals surface area contributed by atoms with E-state index in [0.717, 1.165) is 18.0 Å². The van der Waals surface area contributed by atoms with E-state index in [9.17, 15) is 0 Å². The molecule has 0 aromatic carbocycles. The maximum absolute atomic E-state index is 8.68. The Labute approximate surface area is 105 Å². The van der Waals surface area contributed by atoms with Crippen LogP contribution in [0, 0.1) is 17.9 Å². The number of rotatable bonds is 3. The summed E-state index contributed by atoms with van der Waals surface area (Å²) in [6.07, 6.45) is 3.42. The lowest BCUT2D eigenvalue weighted by atomic mass is 10.3. The van der Waals surface area contributed by atoms with Crippen molar-refractivity contribution in [2.45, 2.75) is 13.5 Å². The fourth-order valence-corrected chi connectivity index (χ4v) is 1.71. The van der Waals surface area contributed by atoms with Crippen LogP contribution in [0.3, 0.4) is 0 Å². The molecule has 4 heteroatoms. The summed E-state index contributed by atoms with van der Waals surface area (Å²) in [4.78, 5) is 3.09. The Kier molecular flexibility index (Phi) is 3.31. The van der Waals surface area contributed by atoms with Crippen LogP contribution >= 0.6 is 0 Å². The second kappa shape index (κ2) is 5.07. The van der Waals surface area contributed by atoms with Gasteiger partial charge in [-0.1, -0.05) is 0 Å². The first-order valence-corrected chi connectivity index (χ1v) is 5.53. The fourth-order valence-electron chi connectivity index (χ4n) is 1.71. The van der Waals surface area contributed by atoms with Gasteiger partial charge >= 0.3 is 0 Å². The number of nitrogens with zero attached hydrogens (tertiary/aromatic N) is 3. The zero-order valence-electron chi connectivity index (χ0n) is 9.92. The van der Waals surface area contributed by atoms with E-state index >= 15 is 0 Å². The lowest BCUT2D eigenvalue weighted by Crippen LogP contribution is -1.93. The highest BCUT2D eigenvalue weighted by molar-refractivity contribution is 5.60. The fraction of sp³-hybridized carbons (Fsp3) is 0.143. The van der Waals surface area contributed by atoms with Crippen LogP contribution in [0.1, 0.15) is 12.7 Å². The average molecular weight is 237 g/mol. The second-order valence-corrected chi connectivity index (χ2v) is 3.63. The first-order chi connectivity index (χ1) is 8.78. The molecule has 0 amide bonds. The largest absolute Gasteiger partial charge is 0.456 e. The van der Waals surface area contributed by atoms with Gasteiger partial charge in [0.15, 0.2) is 5.76 Å². The number of nitriles is 1. The van der Waals surface area contributed by atoms with E-state index in [2.05, 4.69) is 16.3 Å². The van der Waals surface area contributed by atoms with Crippen molar-refractivity contribution in [3.05, 3.63) is 53.3 Å². The van der Waals surface area contributed by atoms with Gasteiger partial charge in [-0.2, -0.15) is 0 Å². The van der Waals surface area contributed by atoms with Gasteiger partial charge in [-0.3, -0.25) is 0 Å². The van der Waals surface area contributed by atoms with Gasteiger partial charge in [0.1, 0.15) is 5.76 Å². The number of furan rings is 1. The van der Waals surface area contributed by atoms with Crippen LogP contribution in [0.25, 0.3) is 22.4 Å². The molecule has 0 spiro atoms. The Morgan fingerprint density at radius 2 is 2.39 bits per heavy atom. The van der Waals surface area contributed by atoms with Crippen molar-refractivity contribution in [1.29, 1.82) is 5.26 Å². The summed E-state index contributed by atoms with van der Waals surface area (Å²) >= 11 is 0. The summed E-state index contributed by atoms with van der Waals surface area (Å²) in [7, 11) is 0. The van der Waals surface area contributed by atoms with E-state index in [1.807, 2.05) is 30.5 Å². The van der Waals surface area contributed by atoms with E-state index in [1.165, 1.54) is 6.08 Å². The van der Waals surface area contributed by atoms with Crippen molar-refractivity contribution in [2.75, 3.05) is 0 Å². The van der Waals surface area contributed by atoms with Gasteiger partial charge in [-0.05, 0) is 37.3 Å². The quantitative estimate of drug-likeness (QED) is 0.605. The maximum atomic E-state index is 8.68. The zero-order chi connectivity index (χ0) is 13.0. The first-order valence-electron chi connectivity index (χ1n) is 5.53. The third kappa shape index (κ3) is 2.18. The molecule has 0 aliphatic rings. The van der Waals surface area contributed by atoms with Crippen molar-refractivity contribution >= 4 is 6.08 Å². The van der Waals surface area contributed by atoms with Crippen LogP contribution < -0.4 is 0 Å². The van der Waals surface area contributed by atoms with Crippen LogP contribution in [0.4, 0.5) is 0 Å². The van der Waals surface area contributed by atoms with E-state index < -0.39 is 0 Å². The summed E-state index contributed by atoms with van der Waals surface area (Å²) in [6.45, 7) is 9.72. The predicted octanol–water partition coefficient (Wildman–Crippen LogP) is 3.55. The lowest BCUT2D eigenvalue weighted by Gasteiger charge is -2.02. The summed E-state index contributed by atoms with van der Waals surface area (Å²) in [5.74, 6) is 1.25. The molecule has 0 N–H and O–H groups in total. The van der Waals surface area contributed by atoms with E-state index in [-0.39, 0.29) is 5.70 Å². The van der Waals surface area contributed by atoms with Crippen molar-refractivity contribution in [2.24, 2.45) is 0 Å². The third-order valence-corrected chi connectivity index (χ3v) is 2.56. The Morgan fingerprint density at radius 3 is 3.06 bits per heavy atom. The molecule has 88 valence electrons. The normalized spacial score (nSPS) is 10.9. The SMILES string of the molecule is [C-]#[N+]/C(C#N)=C/c1ccc(-c2cccn2CC)o1. The number of aryl methyl sites for hydroxylation is 1. The van der Waals surface area contributed by atoms with Crippen LogP contribution in [0.5, 0.6) is 0 Å². The molecule has 0 saturated carbocycles. The molecular weight excluding hydrogens is 226 g/mol. The minimum atomic E-state index is 0.0155. The van der Waals surface area contributed by atoms with Crippen LogP contribution in [-0.4, -0.2) is 4.57 Å². The number of allylic oxidation sites excluding steroid dienone is 1.